The number of hydrogen-bond donors (Lipinski definition) is 5. The van der Waals surface area contributed by atoms with Crippen LogP contribution in [0.25, 0.3) is 0 Å². The summed E-state index contributed by atoms with van der Waals surface area (Å²) >= 11 is 0. The van der Waals surface area contributed by atoms with Gasteiger partial charge in [0.05, 0.1) is 12.6 Å². The van der Waals surface area contributed by atoms with E-state index in [4.69, 9.17) is 0 Å². The third kappa shape index (κ3) is 21.8. The van der Waals surface area contributed by atoms with Gasteiger partial charge in [-0.1, -0.05) is 124 Å². The first kappa shape index (κ1) is 78.1. The van der Waals surface area contributed by atoms with Crippen LogP contribution in [0.15, 0.2) is 0 Å². The van der Waals surface area contributed by atoms with Crippen molar-refractivity contribution in [1.82, 2.24) is 55.6 Å². The van der Waals surface area contributed by atoms with Crippen LogP contribution in [0.4, 0.5) is 0 Å². The van der Waals surface area contributed by atoms with E-state index in [2.05, 4.69) is 21.3 Å². The third-order valence-electron chi connectivity index (χ3n) is 16.6. The topological polar surface area (TPSA) is 279 Å². The van der Waals surface area contributed by atoms with Crippen LogP contribution in [-0.2, 0) is 52.7 Å². The molecule has 23 nitrogen and oxygen atoms in total. The molecule has 1 rings (SSSR count). The van der Waals surface area contributed by atoms with Gasteiger partial charge in [-0.25, -0.2) is 0 Å². The Morgan fingerprint density at radius 3 is 1.22 bits per heavy atom. The number of nitrogens with one attached hydrogen (secondary N) is 4. The summed E-state index contributed by atoms with van der Waals surface area (Å²) in [5.41, 5.74) is 0. The van der Waals surface area contributed by atoms with Crippen LogP contribution in [0.2, 0.25) is 0 Å². The minimum Gasteiger partial charge on any atom is -0.390 e. The number of carbonyl (C=O) groups is 11. The molecule has 0 aromatic heterocycles. The van der Waals surface area contributed by atoms with Gasteiger partial charge < -0.3 is 60.7 Å². The van der Waals surface area contributed by atoms with Crippen molar-refractivity contribution in [2.24, 2.45) is 47.3 Å². The van der Waals surface area contributed by atoms with Gasteiger partial charge in [-0.3, -0.25) is 52.7 Å². The Morgan fingerprint density at radius 2 is 0.779 bits per heavy atom. The average Bonchev–Trinajstić information content (AvgIpc) is 2.16. The number of rotatable bonds is 16. The molecular weight excluding hydrogens is 1100 g/mol. The molecule has 23 heteroatoms. The maximum atomic E-state index is 15.2. The average molecular weight is 1220 g/mol. The maximum absolute atomic E-state index is 15.2. The fourth-order valence-electron chi connectivity index (χ4n) is 11.0. The van der Waals surface area contributed by atoms with E-state index >= 15 is 9.59 Å². The summed E-state index contributed by atoms with van der Waals surface area (Å²) in [6, 6.07) is -12.3. The molecule has 1 aliphatic rings. The summed E-state index contributed by atoms with van der Waals surface area (Å²) in [5, 5.41) is 23.3. The second kappa shape index (κ2) is 35.2. The van der Waals surface area contributed by atoms with Crippen molar-refractivity contribution in [1.29, 1.82) is 0 Å². The van der Waals surface area contributed by atoms with E-state index in [0.29, 0.717) is 12.8 Å². The Morgan fingerprint density at radius 1 is 0.407 bits per heavy atom. The lowest BCUT2D eigenvalue weighted by Gasteiger charge is -2.42. The highest BCUT2D eigenvalue weighted by atomic mass is 16.3. The van der Waals surface area contributed by atoms with Crippen molar-refractivity contribution in [3.63, 3.8) is 0 Å². The summed E-state index contributed by atoms with van der Waals surface area (Å²) in [6.07, 6.45) is 1.14. The summed E-state index contributed by atoms with van der Waals surface area (Å²) in [5.74, 6) is -10.1. The highest BCUT2D eigenvalue weighted by Crippen LogP contribution is 2.26. The van der Waals surface area contributed by atoms with Crippen molar-refractivity contribution in [2.45, 2.75) is 236 Å². The van der Waals surface area contributed by atoms with Gasteiger partial charge in [0.15, 0.2) is 0 Å². The number of aliphatic hydroxyl groups excluding tert-OH is 1. The summed E-state index contributed by atoms with van der Waals surface area (Å²) < 4.78 is 0. The Balaban J connectivity index is 4.36. The highest BCUT2D eigenvalue weighted by Gasteiger charge is 2.46. The second-order valence-corrected chi connectivity index (χ2v) is 27.2. The van der Waals surface area contributed by atoms with Crippen molar-refractivity contribution < 1.29 is 57.8 Å². The normalized spacial score (nSPS) is 26.7. The standard InChI is InChI=1S/C63H115N11O12/c1-26-27-28-41(16)53(76)52-57(80)67-49(38(10)11)61(84)68(19)33-48(75)69(20)44(29-34(2)3)56(79)66-50(39(12)13)62(85)70(21)45(30-35(4)5)55(78)64-42(17)54(77)65-43(18)58(81)71(22)46(31-36(6)7)59(82)72(23)47(32-37(8)9)60(83)73(24)51(40(14)15)63(86)74(52)25/h34-47,49-53,76H,26-33H2,1-25H3,(H,64,78)(H,65,77)(H,66,79)(H,67,80)/t41-,42+,43-,44+,45+,46+,47+,49+,50+,51+,52+,53-/m1/s1. The summed E-state index contributed by atoms with van der Waals surface area (Å²) in [4.78, 5) is 169. The van der Waals surface area contributed by atoms with E-state index in [1.54, 1.807) is 48.5 Å². The van der Waals surface area contributed by atoms with E-state index in [1.165, 1.54) is 87.7 Å². The minimum absolute atomic E-state index is 0.129. The number of likely N-dealkylation sites (N-methyl/N-ethyl adjacent to an activating group) is 7. The molecule has 0 saturated carbocycles. The molecule has 0 unspecified atom stereocenters. The van der Waals surface area contributed by atoms with Crippen LogP contribution in [0.3, 0.4) is 0 Å². The molecule has 0 spiro atoms. The van der Waals surface area contributed by atoms with Crippen LogP contribution in [0.5, 0.6) is 0 Å². The maximum Gasteiger partial charge on any atom is 0.246 e. The molecule has 1 aliphatic heterocycles. The Hall–Kier alpha value is -5.87. The lowest BCUT2D eigenvalue weighted by atomic mass is 9.90. The van der Waals surface area contributed by atoms with Crippen LogP contribution >= 0.6 is 0 Å². The largest absolute Gasteiger partial charge is 0.390 e. The fourth-order valence-corrected chi connectivity index (χ4v) is 11.0. The smallest absolute Gasteiger partial charge is 0.246 e. The lowest BCUT2D eigenvalue weighted by Crippen LogP contribution is -2.64. The molecule has 11 amide bonds. The molecule has 1 saturated heterocycles. The number of carbonyl (C=O) groups excluding carboxylic acids is 11. The molecule has 0 aromatic rings. The molecule has 1 heterocycles. The number of amides is 11. The summed E-state index contributed by atoms with van der Waals surface area (Å²) in [6.45, 7) is 31.4. The monoisotopic (exact) mass is 1220 g/mol. The number of unbranched alkanes of at least 4 members (excludes halogenated alkanes) is 1. The van der Waals surface area contributed by atoms with Crippen LogP contribution in [-0.4, -0.2) is 227 Å². The van der Waals surface area contributed by atoms with Gasteiger partial charge in [0, 0.05) is 49.3 Å². The second-order valence-electron chi connectivity index (χ2n) is 27.2. The first-order valence-corrected chi connectivity index (χ1v) is 31.3. The quantitative estimate of drug-likeness (QED) is 0.148. The van der Waals surface area contributed by atoms with Crippen LogP contribution < -0.4 is 21.3 Å². The predicted octanol–water partition coefficient (Wildman–Crippen LogP) is 3.74. The zero-order chi connectivity index (χ0) is 66.8. The number of aliphatic hydroxyl groups is 1. The molecule has 494 valence electrons. The van der Waals surface area contributed by atoms with Gasteiger partial charge in [-0.05, 0) is 93.3 Å². The van der Waals surface area contributed by atoms with Crippen molar-refractivity contribution >= 4 is 65.0 Å². The zero-order valence-corrected chi connectivity index (χ0v) is 57.2. The summed E-state index contributed by atoms with van der Waals surface area (Å²) in [7, 11) is 9.98. The first-order chi connectivity index (χ1) is 39.6. The van der Waals surface area contributed by atoms with Gasteiger partial charge in [-0.2, -0.15) is 0 Å². The molecule has 0 bridgehead atoms. The van der Waals surface area contributed by atoms with E-state index in [0.717, 1.165) is 16.2 Å². The molecule has 0 aliphatic carbocycles. The van der Waals surface area contributed by atoms with E-state index in [-0.39, 0.29) is 49.4 Å². The zero-order valence-electron chi connectivity index (χ0n) is 57.2. The molecule has 5 N–H and O–H groups in total. The third-order valence-corrected chi connectivity index (χ3v) is 16.6. The highest BCUT2D eigenvalue weighted by molar-refractivity contribution is 5.99. The SMILES string of the molecule is CCCC[C@@H](C)[C@@H](O)[C@H]1C(=O)N[C@@H](C(C)C)C(=O)N(C)CC(=O)N(C)[C@@H](CC(C)C)C(=O)N[C@@H](C(C)C)C(=O)N(C)[C@@H](CC(C)C)C(=O)N[C@@H](C)C(=O)N[C@H](C)C(=O)N(C)[C@@H](CC(C)C)C(=O)N(C)[C@@H](CC(C)C)C(=O)N(C)[C@@H](C(C)C)C(=O)N1C. The van der Waals surface area contributed by atoms with Crippen molar-refractivity contribution in [3.05, 3.63) is 0 Å². The van der Waals surface area contributed by atoms with Crippen LogP contribution in [0.1, 0.15) is 170 Å². The van der Waals surface area contributed by atoms with Crippen molar-refractivity contribution in [3.8, 4) is 0 Å². The van der Waals surface area contributed by atoms with E-state index < -0.39 is 162 Å². The van der Waals surface area contributed by atoms with Crippen molar-refractivity contribution in [2.75, 3.05) is 55.9 Å². The van der Waals surface area contributed by atoms with Crippen LogP contribution in [0, 0.1) is 47.3 Å². The molecule has 1 fully saturated rings. The fraction of sp³-hybridized carbons (Fsp3) is 0.825. The molecule has 0 radical (unpaired) electrons. The van der Waals surface area contributed by atoms with E-state index in [9.17, 15) is 48.3 Å². The minimum atomic E-state index is -1.59. The first-order valence-electron chi connectivity index (χ1n) is 31.3. The molecule has 12 atom stereocenters. The van der Waals surface area contributed by atoms with Gasteiger partial charge in [0.25, 0.3) is 0 Å². The lowest BCUT2D eigenvalue weighted by molar-refractivity contribution is -0.157. The van der Waals surface area contributed by atoms with Gasteiger partial charge in [-0.15, -0.1) is 0 Å². The Kier molecular flexibility index (Phi) is 32.0. The number of hydrogen-bond acceptors (Lipinski definition) is 12. The van der Waals surface area contributed by atoms with Gasteiger partial charge >= 0.3 is 0 Å². The molecule has 0 aromatic carbocycles. The molecule has 86 heavy (non-hydrogen) atoms. The predicted molar refractivity (Wildman–Crippen MR) is 333 cm³/mol. The number of nitrogens with zero attached hydrogens (tertiary/aromatic N) is 7. The molecular formula is C63H115N11O12. The van der Waals surface area contributed by atoms with Gasteiger partial charge in [0.1, 0.15) is 60.4 Å². The Bertz CT molecular complexity index is 2310. The van der Waals surface area contributed by atoms with E-state index in [1.807, 2.05) is 62.3 Å². The van der Waals surface area contributed by atoms with Gasteiger partial charge in [0.2, 0.25) is 65.0 Å². The Labute approximate surface area is 515 Å².